The first-order valence-corrected chi connectivity index (χ1v) is 12.7. The van der Waals surface area contributed by atoms with Gasteiger partial charge in [-0.15, -0.1) is 0 Å². The van der Waals surface area contributed by atoms with E-state index in [1.165, 1.54) is 5.56 Å². The molecule has 2 N–H and O–H groups in total. The van der Waals surface area contributed by atoms with Crippen molar-refractivity contribution >= 4 is 11.6 Å². The van der Waals surface area contributed by atoms with Gasteiger partial charge in [-0.3, -0.25) is 4.79 Å². The van der Waals surface area contributed by atoms with E-state index in [1.807, 2.05) is 60.7 Å². The number of rotatable bonds is 6. The summed E-state index contributed by atoms with van der Waals surface area (Å²) in [7, 11) is 1.66. The maximum atomic E-state index is 12.9. The molecule has 1 amide bonds. The lowest BCUT2D eigenvalue weighted by Gasteiger charge is -2.21. The normalized spacial score (nSPS) is 14.0. The predicted molar refractivity (Wildman–Crippen MR) is 149 cm³/mol. The number of carbonyl (C=O) groups excluding carboxylic acids is 1. The number of carbonyl (C=O) groups is 1. The van der Waals surface area contributed by atoms with E-state index in [1.54, 1.807) is 7.11 Å². The van der Waals surface area contributed by atoms with Crippen LogP contribution in [0.4, 0.5) is 5.69 Å². The Labute approximate surface area is 221 Å². The Hall–Kier alpha value is -4.84. The molecule has 0 radical (unpaired) electrons. The maximum absolute atomic E-state index is 12.9. The van der Waals surface area contributed by atoms with Crippen molar-refractivity contribution in [2.75, 3.05) is 12.4 Å². The molecule has 1 unspecified atom stereocenters. The highest BCUT2D eigenvalue weighted by Crippen LogP contribution is 2.39. The van der Waals surface area contributed by atoms with Crippen LogP contribution in [0.3, 0.4) is 0 Å². The molecule has 6 heteroatoms. The Morgan fingerprint density at radius 2 is 1.61 bits per heavy atom. The lowest BCUT2D eigenvalue weighted by Crippen LogP contribution is -2.25. The molecule has 2 heterocycles. The second-order valence-corrected chi connectivity index (χ2v) is 9.27. The number of anilines is 1. The number of imidazole rings is 1. The first-order chi connectivity index (χ1) is 18.7. The zero-order valence-electron chi connectivity index (χ0n) is 21.1. The first-order valence-electron chi connectivity index (χ1n) is 12.7. The minimum absolute atomic E-state index is 0.124. The number of aromatic nitrogens is 2. The molecule has 1 aromatic heterocycles. The van der Waals surface area contributed by atoms with Crippen LogP contribution in [0.5, 0.6) is 5.75 Å². The Morgan fingerprint density at radius 3 is 2.34 bits per heavy atom. The largest absolute Gasteiger partial charge is 0.497 e. The van der Waals surface area contributed by atoms with Crippen molar-refractivity contribution in [1.82, 2.24) is 14.9 Å². The number of hydrogen-bond acceptors (Lipinski definition) is 4. The fraction of sp³-hybridized carbons (Fsp3) is 0.125. The number of benzene rings is 4. The number of fused-ring (bicyclic) bond motifs is 2. The number of nitrogens with one attached hydrogen (secondary N) is 2. The van der Waals surface area contributed by atoms with Crippen LogP contribution in [0, 0.1) is 0 Å². The molecule has 0 spiro atoms. The number of methoxy groups -OCH3 is 1. The quantitative estimate of drug-likeness (QED) is 0.298. The van der Waals surface area contributed by atoms with Gasteiger partial charge in [-0.25, -0.2) is 4.98 Å². The van der Waals surface area contributed by atoms with Gasteiger partial charge in [0, 0.05) is 16.8 Å². The SMILES string of the molecule is COc1ccc(-c2nc(CNC(=O)c3ccccc3)n3c2C(c2ccccc2)Nc2ccccc2C3)cc1. The van der Waals surface area contributed by atoms with Crippen molar-refractivity contribution in [2.45, 2.75) is 19.1 Å². The summed E-state index contributed by atoms with van der Waals surface area (Å²) >= 11 is 0. The number of hydrogen-bond donors (Lipinski definition) is 2. The van der Waals surface area contributed by atoms with Gasteiger partial charge in [-0.2, -0.15) is 0 Å². The van der Waals surface area contributed by atoms with Gasteiger partial charge in [0.25, 0.3) is 5.91 Å². The van der Waals surface area contributed by atoms with Crippen LogP contribution in [0.2, 0.25) is 0 Å². The molecule has 6 nitrogen and oxygen atoms in total. The van der Waals surface area contributed by atoms with Crippen LogP contribution in [0.25, 0.3) is 11.3 Å². The number of ether oxygens (including phenoxy) is 1. The summed E-state index contributed by atoms with van der Waals surface area (Å²) < 4.78 is 7.65. The van der Waals surface area contributed by atoms with Crippen molar-refractivity contribution in [3.63, 3.8) is 0 Å². The molecule has 4 aromatic carbocycles. The monoisotopic (exact) mass is 500 g/mol. The minimum atomic E-state index is -0.136. The molecule has 0 fully saturated rings. The van der Waals surface area contributed by atoms with Crippen LogP contribution in [-0.2, 0) is 13.1 Å². The smallest absolute Gasteiger partial charge is 0.251 e. The number of nitrogens with zero attached hydrogens (tertiary/aromatic N) is 2. The maximum Gasteiger partial charge on any atom is 0.251 e. The summed E-state index contributed by atoms with van der Waals surface area (Å²) in [6, 6.07) is 35.9. The summed E-state index contributed by atoms with van der Waals surface area (Å²) in [6.07, 6.45) is 0. The topological polar surface area (TPSA) is 68.2 Å². The molecule has 1 atom stereocenters. The van der Waals surface area contributed by atoms with Gasteiger partial charge in [-0.1, -0.05) is 66.7 Å². The van der Waals surface area contributed by atoms with Crippen molar-refractivity contribution < 1.29 is 9.53 Å². The van der Waals surface area contributed by atoms with Gasteiger partial charge in [0.05, 0.1) is 37.6 Å². The molecule has 0 aliphatic carbocycles. The van der Waals surface area contributed by atoms with Crippen molar-refractivity contribution in [3.8, 4) is 17.0 Å². The van der Waals surface area contributed by atoms with Crippen LogP contribution in [-0.4, -0.2) is 22.6 Å². The second kappa shape index (κ2) is 10.3. The van der Waals surface area contributed by atoms with Gasteiger partial charge >= 0.3 is 0 Å². The van der Waals surface area contributed by atoms with E-state index in [9.17, 15) is 4.79 Å². The summed E-state index contributed by atoms with van der Waals surface area (Å²) in [5, 5.41) is 6.88. The summed E-state index contributed by atoms with van der Waals surface area (Å²) in [5.74, 6) is 1.47. The highest BCUT2D eigenvalue weighted by molar-refractivity contribution is 5.94. The van der Waals surface area contributed by atoms with E-state index < -0.39 is 0 Å². The van der Waals surface area contributed by atoms with E-state index in [0.717, 1.165) is 39.8 Å². The standard InChI is InChI=1S/C32H28N4O2/c1-38-26-18-16-23(17-19-26)30-31-29(22-10-4-2-5-11-22)34-27-15-9-8-14-25(27)21-36(31)28(35-30)20-33-32(37)24-12-6-3-7-13-24/h2-19,29,34H,20-21H2,1H3,(H,33,37). The van der Waals surface area contributed by atoms with E-state index >= 15 is 0 Å². The summed E-state index contributed by atoms with van der Waals surface area (Å²) in [6.45, 7) is 0.947. The molecule has 6 rings (SSSR count). The highest BCUT2D eigenvalue weighted by atomic mass is 16.5. The Balaban J connectivity index is 1.49. The molecular formula is C32H28N4O2. The first kappa shape index (κ1) is 23.6. The molecule has 0 saturated heterocycles. The van der Waals surface area contributed by atoms with Crippen LogP contribution in [0.1, 0.15) is 39.0 Å². The molecular weight excluding hydrogens is 472 g/mol. The van der Waals surface area contributed by atoms with Crippen LogP contribution >= 0.6 is 0 Å². The summed E-state index contributed by atoms with van der Waals surface area (Å²) in [5.41, 5.74) is 6.95. The highest BCUT2D eigenvalue weighted by Gasteiger charge is 2.30. The van der Waals surface area contributed by atoms with Gasteiger partial charge in [0.1, 0.15) is 11.6 Å². The Kier molecular flexibility index (Phi) is 6.36. The van der Waals surface area contributed by atoms with Crippen molar-refractivity contribution in [1.29, 1.82) is 0 Å². The molecule has 38 heavy (non-hydrogen) atoms. The lowest BCUT2D eigenvalue weighted by atomic mass is 9.99. The average Bonchev–Trinajstić information content (AvgIpc) is 3.23. The third-order valence-electron chi connectivity index (χ3n) is 6.94. The lowest BCUT2D eigenvalue weighted by molar-refractivity contribution is 0.0949. The van der Waals surface area contributed by atoms with Gasteiger partial charge in [0.2, 0.25) is 0 Å². The minimum Gasteiger partial charge on any atom is -0.497 e. The molecule has 5 aromatic rings. The van der Waals surface area contributed by atoms with Crippen LogP contribution in [0.15, 0.2) is 109 Å². The van der Waals surface area contributed by atoms with Crippen molar-refractivity contribution in [2.24, 2.45) is 0 Å². The molecule has 0 saturated carbocycles. The number of para-hydroxylation sites is 1. The fourth-order valence-corrected chi connectivity index (χ4v) is 5.01. The zero-order chi connectivity index (χ0) is 25.9. The molecule has 188 valence electrons. The molecule has 1 aliphatic heterocycles. The Morgan fingerprint density at radius 1 is 0.921 bits per heavy atom. The molecule has 1 aliphatic rings. The van der Waals surface area contributed by atoms with E-state index in [-0.39, 0.29) is 11.9 Å². The van der Waals surface area contributed by atoms with Crippen LogP contribution < -0.4 is 15.4 Å². The van der Waals surface area contributed by atoms with Gasteiger partial charge in [0.15, 0.2) is 0 Å². The third kappa shape index (κ3) is 4.52. The second-order valence-electron chi connectivity index (χ2n) is 9.27. The zero-order valence-corrected chi connectivity index (χ0v) is 21.1. The number of amides is 1. The predicted octanol–water partition coefficient (Wildman–Crippen LogP) is 6.05. The average molecular weight is 501 g/mol. The van der Waals surface area contributed by atoms with E-state index in [2.05, 4.69) is 63.7 Å². The Bertz CT molecular complexity index is 1560. The summed E-state index contributed by atoms with van der Waals surface area (Å²) in [4.78, 5) is 18.1. The molecule has 0 bridgehead atoms. The van der Waals surface area contributed by atoms with Crippen molar-refractivity contribution in [3.05, 3.63) is 137 Å². The van der Waals surface area contributed by atoms with Gasteiger partial charge < -0.3 is 19.9 Å². The third-order valence-corrected chi connectivity index (χ3v) is 6.94. The fourth-order valence-electron chi connectivity index (χ4n) is 5.01. The van der Waals surface area contributed by atoms with E-state index in [0.29, 0.717) is 18.7 Å². The van der Waals surface area contributed by atoms with E-state index in [4.69, 9.17) is 9.72 Å². The van der Waals surface area contributed by atoms with Gasteiger partial charge in [-0.05, 0) is 53.6 Å².